The summed E-state index contributed by atoms with van der Waals surface area (Å²) in [5.41, 5.74) is 2.03. The summed E-state index contributed by atoms with van der Waals surface area (Å²) >= 11 is 0. The lowest BCUT2D eigenvalue weighted by atomic mass is 10.1. The van der Waals surface area contributed by atoms with Gasteiger partial charge >= 0.3 is 5.97 Å². The lowest BCUT2D eigenvalue weighted by Gasteiger charge is -2.08. The molecular formula is C14H13NO3. The van der Waals surface area contributed by atoms with Gasteiger partial charge in [-0.05, 0) is 12.1 Å². The number of benzene rings is 1. The number of aromatic nitrogens is 1. The molecule has 0 aliphatic rings. The maximum atomic E-state index is 11.5. The van der Waals surface area contributed by atoms with Crippen LogP contribution in [0.15, 0.2) is 42.5 Å². The Morgan fingerprint density at radius 1 is 1.06 bits per heavy atom. The Kier molecular flexibility index (Phi) is 3.57. The Hall–Kier alpha value is -2.36. The molecule has 4 nitrogen and oxygen atoms in total. The minimum atomic E-state index is -0.459. The van der Waals surface area contributed by atoms with Crippen molar-refractivity contribution in [3.63, 3.8) is 0 Å². The minimum absolute atomic E-state index is 0.267. The molecule has 0 unspecified atom stereocenters. The van der Waals surface area contributed by atoms with E-state index < -0.39 is 5.97 Å². The Morgan fingerprint density at radius 2 is 1.78 bits per heavy atom. The Bertz CT molecular complexity index is 552. The molecule has 1 aromatic heterocycles. The normalized spacial score (nSPS) is 9.89. The fourth-order valence-corrected chi connectivity index (χ4v) is 1.63. The van der Waals surface area contributed by atoms with Gasteiger partial charge in [-0.15, -0.1) is 0 Å². The highest BCUT2D eigenvalue weighted by Gasteiger charge is 2.14. The number of pyridine rings is 1. The first kappa shape index (κ1) is 12.1. The zero-order valence-corrected chi connectivity index (χ0v) is 10.2. The molecule has 0 radical (unpaired) electrons. The van der Waals surface area contributed by atoms with Gasteiger partial charge in [-0.1, -0.05) is 30.3 Å². The van der Waals surface area contributed by atoms with Gasteiger partial charge in [0.15, 0.2) is 0 Å². The number of ether oxygens (including phenoxy) is 2. The van der Waals surface area contributed by atoms with Crippen LogP contribution in [0.4, 0.5) is 0 Å². The smallest absolute Gasteiger partial charge is 0.343 e. The van der Waals surface area contributed by atoms with Gasteiger partial charge < -0.3 is 9.47 Å². The van der Waals surface area contributed by atoms with E-state index in [9.17, 15) is 4.79 Å². The summed E-state index contributed by atoms with van der Waals surface area (Å²) in [6.07, 6.45) is 0. The number of rotatable bonds is 3. The summed E-state index contributed by atoms with van der Waals surface area (Å²) in [6, 6.07) is 13.1. The van der Waals surface area contributed by atoms with Gasteiger partial charge in [-0.3, -0.25) is 0 Å². The zero-order valence-electron chi connectivity index (χ0n) is 10.2. The van der Waals surface area contributed by atoms with Gasteiger partial charge in [0.05, 0.1) is 19.9 Å². The van der Waals surface area contributed by atoms with Crippen molar-refractivity contribution in [2.24, 2.45) is 0 Å². The van der Waals surface area contributed by atoms with Crippen molar-refractivity contribution in [1.82, 2.24) is 4.98 Å². The van der Waals surface area contributed by atoms with Crippen LogP contribution in [0, 0.1) is 0 Å². The molecule has 0 spiro atoms. The van der Waals surface area contributed by atoms with Crippen molar-refractivity contribution in [2.75, 3.05) is 14.2 Å². The second-order valence-electron chi connectivity index (χ2n) is 3.61. The molecule has 0 fully saturated rings. The van der Waals surface area contributed by atoms with Crippen LogP contribution in [0.1, 0.15) is 10.4 Å². The average molecular weight is 243 g/mol. The summed E-state index contributed by atoms with van der Waals surface area (Å²) in [7, 11) is 2.80. The van der Waals surface area contributed by atoms with E-state index in [1.54, 1.807) is 12.1 Å². The van der Waals surface area contributed by atoms with E-state index in [1.807, 2.05) is 30.3 Å². The molecule has 2 rings (SSSR count). The van der Waals surface area contributed by atoms with Crippen LogP contribution in [0.5, 0.6) is 5.88 Å². The molecule has 1 heterocycles. The fraction of sp³-hybridized carbons (Fsp3) is 0.143. The SMILES string of the molecule is COC(=O)c1ccc(-c2ccccc2)nc1OC. The first-order valence-electron chi connectivity index (χ1n) is 5.45. The highest BCUT2D eigenvalue weighted by molar-refractivity contribution is 5.92. The first-order valence-corrected chi connectivity index (χ1v) is 5.45. The standard InChI is InChI=1S/C14H13NO3/c1-17-13-11(14(16)18-2)8-9-12(15-13)10-6-4-3-5-7-10/h3-9H,1-2H3. The summed E-state index contributed by atoms with van der Waals surface area (Å²) in [5.74, 6) is -0.192. The van der Waals surface area contributed by atoms with E-state index in [0.29, 0.717) is 5.56 Å². The highest BCUT2D eigenvalue weighted by atomic mass is 16.5. The third-order valence-electron chi connectivity index (χ3n) is 2.53. The molecule has 0 saturated heterocycles. The van der Waals surface area contributed by atoms with E-state index >= 15 is 0 Å². The molecule has 0 aliphatic heterocycles. The third kappa shape index (κ3) is 2.32. The van der Waals surface area contributed by atoms with Crippen LogP contribution in [-0.4, -0.2) is 25.2 Å². The number of carbonyl (C=O) groups excluding carboxylic acids is 1. The molecule has 0 amide bonds. The monoisotopic (exact) mass is 243 g/mol. The highest BCUT2D eigenvalue weighted by Crippen LogP contribution is 2.23. The number of hydrogen-bond acceptors (Lipinski definition) is 4. The molecule has 0 atom stereocenters. The molecule has 2 aromatic rings. The topological polar surface area (TPSA) is 48.4 Å². The molecule has 0 saturated carbocycles. The second kappa shape index (κ2) is 5.31. The third-order valence-corrected chi connectivity index (χ3v) is 2.53. The van der Waals surface area contributed by atoms with Crippen LogP contribution in [0.25, 0.3) is 11.3 Å². The van der Waals surface area contributed by atoms with Crippen LogP contribution < -0.4 is 4.74 Å². The molecule has 1 aromatic carbocycles. The van der Waals surface area contributed by atoms with E-state index in [2.05, 4.69) is 9.72 Å². The van der Waals surface area contributed by atoms with Gasteiger partial charge in [0.1, 0.15) is 5.56 Å². The lowest BCUT2D eigenvalue weighted by Crippen LogP contribution is -2.05. The van der Waals surface area contributed by atoms with E-state index in [0.717, 1.165) is 11.3 Å². The van der Waals surface area contributed by atoms with E-state index in [1.165, 1.54) is 14.2 Å². The number of hydrogen-bond donors (Lipinski definition) is 0. The number of nitrogens with zero attached hydrogens (tertiary/aromatic N) is 1. The summed E-state index contributed by atoms with van der Waals surface area (Å²) in [5, 5.41) is 0. The number of carbonyl (C=O) groups is 1. The Labute approximate surface area is 105 Å². The molecule has 4 heteroatoms. The first-order chi connectivity index (χ1) is 8.76. The molecule has 92 valence electrons. The predicted octanol–water partition coefficient (Wildman–Crippen LogP) is 2.54. The Morgan fingerprint density at radius 3 is 2.39 bits per heavy atom. The second-order valence-corrected chi connectivity index (χ2v) is 3.61. The maximum absolute atomic E-state index is 11.5. The molecular weight excluding hydrogens is 230 g/mol. The quantitative estimate of drug-likeness (QED) is 0.777. The van der Waals surface area contributed by atoms with Crippen molar-refractivity contribution < 1.29 is 14.3 Å². The maximum Gasteiger partial charge on any atom is 0.343 e. The van der Waals surface area contributed by atoms with Gasteiger partial charge in [0.25, 0.3) is 0 Å². The van der Waals surface area contributed by atoms with Crippen molar-refractivity contribution in [3.8, 4) is 17.1 Å². The Balaban J connectivity index is 2.45. The van der Waals surface area contributed by atoms with E-state index in [-0.39, 0.29) is 5.88 Å². The van der Waals surface area contributed by atoms with Crippen molar-refractivity contribution in [1.29, 1.82) is 0 Å². The van der Waals surface area contributed by atoms with E-state index in [4.69, 9.17) is 4.74 Å². The van der Waals surface area contributed by atoms with Gasteiger partial charge in [0.2, 0.25) is 5.88 Å². The molecule has 0 aliphatic carbocycles. The largest absolute Gasteiger partial charge is 0.480 e. The summed E-state index contributed by atoms with van der Waals surface area (Å²) in [6.45, 7) is 0. The van der Waals surface area contributed by atoms with Crippen LogP contribution in [0.2, 0.25) is 0 Å². The summed E-state index contributed by atoms with van der Waals surface area (Å²) < 4.78 is 9.78. The molecule has 0 bridgehead atoms. The van der Waals surface area contributed by atoms with Gasteiger partial charge in [-0.2, -0.15) is 0 Å². The molecule has 18 heavy (non-hydrogen) atoms. The van der Waals surface area contributed by atoms with Gasteiger partial charge in [-0.25, -0.2) is 9.78 Å². The summed E-state index contributed by atoms with van der Waals surface area (Å²) in [4.78, 5) is 15.8. The molecule has 0 N–H and O–H groups in total. The van der Waals surface area contributed by atoms with Crippen LogP contribution in [0.3, 0.4) is 0 Å². The van der Waals surface area contributed by atoms with Gasteiger partial charge in [0, 0.05) is 5.56 Å². The van der Waals surface area contributed by atoms with Crippen molar-refractivity contribution in [3.05, 3.63) is 48.0 Å². The number of esters is 1. The number of methoxy groups -OCH3 is 2. The van der Waals surface area contributed by atoms with Crippen molar-refractivity contribution >= 4 is 5.97 Å². The lowest BCUT2D eigenvalue weighted by molar-refractivity contribution is 0.0596. The zero-order chi connectivity index (χ0) is 13.0. The minimum Gasteiger partial charge on any atom is -0.480 e. The predicted molar refractivity (Wildman–Crippen MR) is 67.6 cm³/mol. The fourth-order valence-electron chi connectivity index (χ4n) is 1.63. The van der Waals surface area contributed by atoms with Crippen LogP contribution in [-0.2, 0) is 4.74 Å². The van der Waals surface area contributed by atoms with Crippen LogP contribution >= 0.6 is 0 Å². The average Bonchev–Trinajstić information content (AvgIpc) is 2.46. The van der Waals surface area contributed by atoms with Crippen molar-refractivity contribution in [2.45, 2.75) is 0 Å².